The molecule has 1 aliphatic heterocycles. The van der Waals surface area contributed by atoms with E-state index in [2.05, 4.69) is 39.0 Å². The maximum Gasteiger partial charge on any atom is 0.222 e. The van der Waals surface area contributed by atoms with Crippen LogP contribution in [0.15, 0.2) is 35.2 Å². The molecule has 1 unspecified atom stereocenters. The molecule has 5 nitrogen and oxygen atoms in total. The number of nitrogens with one attached hydrogen (secondary N) is 1. The molecule has 0 radical (unpaired) electrons. The smallest absolute Gasteiger partial charge is 0.222 e. The van der Waals surface area contributed by atoms with Gasteiger partial charge >= 0.3 is 0 Å². The van der Waals surface area contributed by atoms with Crippen LogP contribution in [0.5, 0.6) is 0 Å². The number of nitrogens with zero attached hydrogens (tertiary/aromatic N) is 3. The first kappa shape index (κ1) is 18.7. The Bertz CT molecular complexity index is 828. The molecule has 1 N–H and O–H groups in total. The Morgan fingerprint density at radius 3 is 2.85 bits per heavy atom. The molecule has 1 atom stereocenters. The van der Waals surface area contributed by atoms with E-state index in [9.17, 15) is 4.79 Å². The van der Waals surface area contributed by atoms with Crippen molar-refractivity contribution in [3.8, 4) is 0 Å². The number of amides is 1. The Labute approximate surface area is 169 Å². The Kier molecular flexibility index (Phi) is 5.98. The van der Waals surface area contributed by atoms with Gasteiger partial charge in [-0.2, -0.15) is 5.10 Å². The number of likely N-dealkylation sites (tertiary alicyclic amines) is 1. The lowest BCUT2D eigenvalue weighted by molar-refractivity contribution is -0.132. The minimum atomic E-state index is 0.278. The fraction of sp³-hybridized carbons (Fsp3) is 0.550. The quantitative estimate of drug-likeness (QED) is 0.419. The molecular weight excluding hydrogens is 376 g/mol. The number of hydrogen-bond donors (Lipinski definition) is 1. The summed E-state index contributed by atoms with van der Waals surface area (Å²) >= 11 is 7.23. The van der Waals surface area contributed by atoms with Crippen LogP contribution in [0.1, 0.15) is 56.3 Å². The highest BCUT2D eigenvalue weighted by Crippen LogP contribution is 2.38. The average molecular weight is 403 g/mol. The van der Waals surface area contributed by atoms with E-state index < -0.39 is 0 Å². The molecule has 7 heteroatoms. The van der Waals surface area contributed by atoms with E-state index >= 15 is 0 Å². The fourth-order valence-corrected chi connectivity index (χ4v) is 4.96. The largest absolute Gasteiger partial charge is 0.342 e. The normalized spacial score (nSPS) is 20.0. The Balaban J connectivity index is 1.29. The van der Waals surface area contributed by atoms with Gasteiger partial charge in [0.2, 0.25) is 5.91 Å². The van der Waals surface area contributed by atoms with Crippen molar-refractivity contribution in [3.05, 3.63) is 40.9 Å². The summed E-state index contributed by atoms with van der Waals surface area (Å²) in [6, 6.07) is 10.9. The summed E-state index contributed by atoms with van der Waals surface area (Å²) in [6.07, 6.45) is 6.05. The van der Waals surface area contributed by atoms with Crippen molar-refractivity contribution in [2.24, 2.45) is 0 Å². The van der Waals surface area contributed by atoms with E-state index in [4.69, 9.17) is 12.2 Å². The van der Waals surface area contributed by atoms with Crippen molar-refractivity contribution in [1.82, 2.24) is 19.7 Å². The number of aromatic amines is 1. The van der Waals surface area contributed by atoms with Gasteiger partial charge in [-0.15, -0.1) is 11.8 Å². The first-order valence-electron chi connectivity index (χ1n) is 9.85. The zero-order valence-corrected chi connectivity index (χ0v) is 17.1. The summed E-state index contributed by atoms with van der Waals surface area (Å²) in [4.78, 5) is 16.0. The van der Waals surface area contributed by atoms with Gasteiger partial charge in [0, 0.05) is 36.4 Å². The third kappa shape index (κ3) is 4.63. The van der Waals surface area contributed by atoms with Gasteiger partial charge in [-0.3, -0.25) is 9.89 Å². The van der Waals surface area contributed by atoms with Gasteiger partial charge < -0.3 is 9.47 Å². The maximum absolute atomic E-state index is 12.7. The lowest BCUT2D eigenvalue weighted by atomic mass is 9.96. The van der Waals surface area contributed by atoms with Crippen molar-refractivity contribution in [3.63, 3.8) is 0 Å². The number of rotatable bonds is 7. The lowest BCUT2D eigenvalue weighted by Crippen LogP contribution is -2.39. The standard InChI is InChI=1S/C20H26N4OS2/c25-18(9-5-13-27-17-7-2-1-3-8-17)23-12-4-6-15(14-23)19-21-22-20(26)24(19)16-10-11-16/h1-3,7-8,15-16H,4-6,9-14H2,(H,22,26). The summed E-state index contributed by atoms with van der Waals surface area (Å²) in [6.45, 7) is 1.65. The van der Waals surface area contributed by atoms with Crippen LogP contribution in [-0.2, 0) is 4.79 Å². The molecule has 2 aliphatic rings. The molecular formula is C20H26N4OS2. The predicted octanol–water partition coefficient (Wildman–Crippen LogP) is 4.55. The maximum atomic E-state index is 12.7. The molecule has 0 bridgehead atoms. The molecule has 4 rings (SSSR count). The number of H-pyrrole nitrogens is 1. The predicted molar refractivity (Wildman–Crippen MR) is 111 cm³/mol. The zero-order valence-electron chi connectivity index (χ0n) is 15.5. The molecule has 2 aromatic rings. The number of carbonyl (C=O) groups is 1. The van der Waals surface area contributed by atoms with E-state index in [1.54, 1.807) is 0 Å². The molecule has 1 saturated heterocycles. The van der Waals surface area contributed by atoms with Gasteiger partial charge in [-0.1, -0.05) is 18.2 Å². The third-order valence-electron chi connectivity index (χ3n) is 5.33. The molecule has 1 aromatic heterocycles. The third-order valence-corrected chi connectivity index (χ3v) is 6.72. The molecule has 1 saturated carbocycles. The van der Waals surface area contributed by atoms with E-state index in [0.29, 0.717) is 18.4 Å². The van der Waals surface area contributed by atoms with Crippen LogP contribution in [-0.4, -0.2) is 44.4 Å². The molecule has 27 heavy (non-hydrogen) atoms. The van der Waals surface area contributed by atoms with Crippen LogP contribution >= 0.6 is 24.0 Å². The molecule has 2 fully saturated rings. The van der Waals surface area contributed by atoms with Crippen molar-refractivity contribution in [2.45, 2.75) is 55.4 Å². The van der Waals surface area contributed by atoms with Crippen molar-refractivity contribution >= 4 is 29.9 Å². The first-order chi connectivity index (χ1) is 13.2. The monoisotopic (exact) mass is 402 g/mol. The number of carbonyl (C=O) groups excluding carboxylic acids is 1. The van der Waals surface area contributed by atoms with Crippen molar-refractivity contribution in [2.75, 3.05) is 18.8 Å². The van der Waals surface area contributed by atoms with Gasteiger partial charge in [-0.25, -0.2) is 0 Å². The highest BCUT2D eigenvalue weighted by atomic mass is 32.2. The van der Waals surface area contributed by atoms with Crippen LogP contribution in [0.25, 0.3) is 0 Å². The Morgan fingerprint density at radius 2 is 2.07 bits per heavy atom. The highest BCUT2D eigenvalue weighted by Gasteiger charge is 2.33. The summed E-state index contributed by atoms with van der Waals surface area (Å²) in [7, 11) is 0. The number of piperidine rings is 1. The molecule has 1 aliphatic carbocycles. The molecule has 2 heterocycles. The molecule has 0 spiro atoms. The van der Waals surface area contributed by atoms with Crippen molar-refractivity contribution in [1.29, 1.82) is 0 Å². The molecule has 144 valence electrons. The minimum Gasteiger partial charge on any atom is -0.342 e. The summed E-state index contributed by atoms with van der Waals surface area (Å²) < 4.78 is 2.93. The summed E-state index contributed by atoms with van der Waals surface area (Å²) in [5, 5.41) is 7.47. The number of thioether (sulfide) groups is 1. The molecule has 1 aromatic carbocycles. The van der Waals surface area contributed by atoms with Crippen LogP contribution in [0, 0.1) is 4.77 Å². The van der Waals surface area contributed by atoms with Gasteiger partial charge in [0.1, 0.15) is 5.82 Å². The Morgan fingerprint density at radius 1 is 1.26 bits per heavy atom. The van der Waals surface area contributed by atoms with Crippen LogP contribution < -0.4 is 0 Å². The SMILES string of the molecule is O=C(CCCSc1ccccc1)N1CCCC(c2n[nH]c(=S)n2C2CC2)C1. The second-order valence-electron chi connectivity index (χ2n) is 7.43. The average Bonchev–Trinajstić information content (AvgIpc) is 3.47. The van der Waals surface area contributed by atoms with Gasteiger partial charge in [0.15, 0.2) is 4.77 Å². The number of hydrogen-bond acceptors (Lipinski definition) is 4. The number of benzene rings is 1. The van der Waals surface area contributed by atoms with Crippen LogP contribution in [0.4, 0.5) is 0 Å². The van der Waals surface area contributed by atoms with Crippen LogP contribution in [0.2, 0.25) is 0 Å². The van der Waals surface area contributed by atoms with Gasteiger partial charge in [0.25, 0.3) is 0 Å². The highest BCUT2D eigenvalue weighted by molar-refractivity contribution is 7.99. The second kappa shape index (κ2) is 8.61. The zero-order chi connectivity index (χ0) is 18.6. The lowest BCUT2D eigenvalue weighted by Gasteiger charge is -2.32. The Hall–Kier alpha value is -1.60. The first-order valence-corrected chi connectivity index (χ1v) is 11.2. The fourth-order valence-electron chi connectivity index (χ4n) is 3.79. The topological polar surface area (TPSA) is 53.9 Å². The number of aromatic nitrogens is 3. The van der Waals surface area contributed by atoms with E-state index in [1.807, 2.05) is 22.7 Å². The van der Waals surface area contributed by atoms with Crippen LogP contribution in [0.3, 0.4) is 0 Å². The second-order valence-corrected chi connectivity index (χ2v) is 8.99. The van der Waals surface area contributed by atoms with E-state index in [-0.39, 0.29) is 5.91 Å². The minimum absolute atomic E-state index is 0.278. The summed E-state index contributed by atoms with van der Waals surface area (Å²) in [5.74, 6) is 2.61. The van der Waals surface area contributed by atoms with E-state index in [0.717, 1.165) is 48.7 Å². The van der Waals surface area contributed by atoms with Gasteiger partial charge in [0.05, 0.1) is 0 Å². The molecule has 1 amide bonds. The van der Waals surface area contributed by atoms with Crippen molar-refractivity contribution < 1.29 is 4.79 Å². The van der Waals surface area contributed by atoms with Gasteiger partial charge in [-0.05, 0) is 62.2 Å². The van der Waals surface area contributed by atoms with E-state index in [1.165, 1.54) is 17.7 Å². The summed E-state index contributed by atoms with van der Waals surface area (Å²) in [5.41, 5.74) is 0.